The Morgan fingerprint density at radius 3 is 2.86 bits per heavy atom. The van der Waals surface area contributed by atoms with Gasteiger partial charge in [0, 0.05) is 25.9 Å². The van der Waals surface area contributed by atoms with Gasteiger partial charge in [-0.25, -0.2) is 9.97 Å². The lowest BCUT2D eigenvalue weighted by molar-refractivity contribution is -0.117. The molecule has 2 N–H and O–H groups in total. The number of methoxy groups -OCH3 is 1. The number of rotatable bonds is 7. The fraction of sp³-hybridized carbons (Fsp3) is 0.421. The molecule has 1 aliphatic carbocycles. The Labute approximate surface area is 166 Å². The summed E-state index contributed by atoms with van der Waals surface area (Å²) in [6, 6.07) is 3.38. The average Bonchev–Trinajstić information content (AvgIpc) is 3.04. The highest BCUT2D eigenvalue weighted by Crippen LogP contribution is 2.33. The summed E-state index contributed by atoms with van der Waals surface area (Å²) < 4.78 is 4.88. The van der Waals surface area contributed by atoms with Crippen LogP contribution in [0.15, 0.2) is 18.3 Å². The van der Waals surface area contributed by atoms with Gasteiger partial charge in [0.15, 0.2) is 16.7 Å². The number of ketones is 2. The van der Waals surface area contributed by atoms with Gasteiger partial charge in [0.1, 0.15) is 5.82 Å². The van der Waals surface area contributed by atoms with Gasteiger partial charge in [-0.3, -0.25) is 14.4 Å². The topological polar surface area (TPSA) is 110 Å². The van der Waals surface area contributed by atoms with E-state index in [0.29, 0.717) is 53.0 Å². The molecule has 148 valence electrons. The fourth-order valence-corrected chi connectivity index (χ4v) is 4.07. The van der Waals surface area contributed by atoms with Crippen LogP contribution >= 0.6 is 11.3 Å². The molecule has 2 aromatic heterocycles. The second kappa shape index (κ2) is 9.03. The van der Waals surface area contributed by atoms with Crippen LogP contribution in [0, 0.1) is 5.92 Å². The second-order valence-electron chi connectivity index (χ2n) is 6.44. The van der Waals surface area contributed by atoms with Gasteiger partial charge in [-0.1, -0.05) is 11.3 Å². The number of aromatic nitrogens is 2. The Hall–Kier alpha value is -2.65. The monoisotopic (exact) mass is 402 g/mol. The number of hydrogen-bond acceptors (Lipinski definition) is 8. The molecule has 0 aromatic carbocycles. The molecule has 9 heteroatoms. The first-order valence-electron chi connectivity index (χ1n) is 9.04. The van der Waals surface area contributed by atoms with Gasteiger partial charge >= 0.3 is 0 Å². The van der Waals surface area contributed by atoms with Crippen LogP contribution in [-0.2, 0) is 16.0 Å². The van der Waals surface area contributed by atoms with Crippen molar-refractivity contribution in [2.24, 2.45) is 5.92 Å². The Morgan fingerprint density at radius 1 is 1.36 bits per heavy atom. The third-order valence-corrected chi connectivity index (χ3v) is 5.57. The molecule has 2 aromatic rings. The molecule has 28 heavy (non-hydrogen) atoms. The zero-order chi connectivity index (χ0) is 20.1. The Kier molecular flexibility index (Phi) is 6.48. The zero-order valence-electron chi connectivity index (χ0n) is 15.8. The first-order valence-corrected chi connectivity index (χ1v) is 9.86. The highest BCUT2D eigenvalue weighted by molar-refractivity contribution is 7.17. The van der Waals surface area contributed by atoms with Crippen LogP contribution in [0.25, 0.3) is 0 Å². The van der Waals surface area contributed by atoms with E-state index >= 15 is 0 Å². The van der Waals surface area contributed by atoms with Crippen LogP contribution in [0.4, 0.5) is 10.9 Å². The summed E-state index contributed by atoms with van der Waals surface area (Å²) in [4.78, 5) is 46.8. The molecule has 0 bridgehead atoms. The number of thiazole rings is 1. The molecule has 1 atom stereocenters. The maximum atomic E-state index is 13.0. The van der Waals surface area contributed by atoms with Crippen LogP contribution in [0.1, 0.15) is 45.0 Å². The first kappa shape index (κ1) is 20.1. The summed E-state index contributed by atoms with van der Waals surface area (Å²) >= 11 is 1.13. The number of aryl methyl sites for hydroxylation is 1. The number of amides is 1. The molecule has 0 spiro atoms. The molecule has 1 amide bonds. The van der Waals surface area contributed by atoms with Crippen molar-refractivity contribution in [2.75, 3.05) is 31.4 Å². The van der Waals surface area contributed by atoms with Gasteiger partial charge in [-0.2, -0.15) is 0 Å². The van der Waals surface area contributed by atoms with Crippen molar-refractivity contribution in [1.29, 1.82) is 0 Å². The largest absolute Gasteiger partial charge is 0.384 e. The number of ether oxygens (including phenoxy) is 1. The van der Waals surface area contributed by atoms with Gasteiger partial charge in [-0.15, -0.1) is 0 Å². The lowest BCUT2D eigenvalue weighted by atomic mass is 9.91. The van der Waals surface area contributed by atoms with Crippen molar-refractivity contribution in [2.45, 2.75) is 25.7 Å². The molecule has 8 nitrogen and oxygen atoms in total. The van der Waals surface area contributed by atoms with E-state index in [9.17, 15) is 14.4 Å². The van der Waals surface area contributed by atoms with Crippen LogP contribution in [0.3, 0.4) is 0 Å². The van der Waals surface area contributed by atoms with E-state index in [1.165, 1.54) is 13.3 Å². The number of carbonyl (C=O) groups is 3. The summed E-state index contributed by atoms with van der Waals surface area (Å²) in [5.41, 5.74) is 1.06. The number of fused-ring (bicyclic) bond motifs is 1. The number of pyridine rings is 1. The molecule has 3 rings (SSSR count). The highest BCUT2D eigenvalue weighted by Gasteiger charge is 2.34. The summed E-state index contributed by atoms with van der Waals surface area (Å²) in [6.45, 7) is 0.312. The summed E-state index contributed by atoms with van der Waals surface area (Å²) in [5, 5.41) is 5.98. The number of nitrogens with one attached hydrogen (secondary N) is 2. The molecule has 0 saturated carbocycles. The van der Waals surface area contributed by atoms with Crippen LogP contribution in [0.2, 0.25) is 0 Å². The van der Waals surface area contributed by atoms with Crippen LogP contribution in [-0.4, -0.2) is 48.2 Å². The maximum absolute atomic E-state index is 13.0. The second-order valence-corrected chi connectivity index (χ2v) is 7.44. The fourth-order valence-electron chi connectivity index (χ4n) is 3.05. The van der Waals surface area contributed by atoms with Crippen molar-refractivity contribution in [3.63, 3.8) is 0 Å². The van der Waals surface area contributed by atoms with Gasteiger partial charge < -0.3 is 15.4 Å². The molecule has 1 aliphatic rings. The number of carbonyl (C=O) groups excluding carboxylic acids is 3. The molecular formula is C19H22N4O4S. The molecule has 0 saturated heterocycles. The predicted octanol–water partition coefficient (Wildman–Crippen LogP) is 2.57. The van der Waals surface area contributed by atoms with Crippen molar-refractivity contribution in [1.82, 2.24) is 9.97 Å². The van der Waals surface area contributed by atoms with E-state index in [1.807, 2.05) is 0 Å². The summed E-state index contributed by atoms with van der Waals surface area (Å²) in [6.07, 6.45) is 3.46. The summed E-state index contributed by atoms with van der Waals surface area (Å²) in [5.74, 6) is -0.776. The van der Waals surface area contributed by atoms with E-state index in [2.05, 4.69) is 20.6 Å². The lowest BCUT2D eigenvalue weighted by Gasteiger charge is -2.11. The number of nitrogens with zero attached hydrogens (tertiary/aromatic N) is 2. The molecule has 1 unspecified atom stereocenters. The summed E-state index contributed by atoms with van der Waals surface area (Å²) in [7, 11) is 3.27. The molecule has 0 radical (unpaired) electrons. The zero-order valence-corrected chi connectivity index (χ0v) is 16.6. The maximum Gasteiger partial charge on any atom is 0.228 e. The van der Waals surface area contributed by atoms with Crippen molar-refractivity contribution in [3.05, 3.63) is 34.5 Å². The Morgan fingerprint density at radius 2 is 2.18 bits per heavy atom. The van der Waals surface area contributed by atoms with E-state index in [1.54, 1.807) is 19.2 Å². The number of Topliss-reactive ketones (excluding diaryl/α,β-unsaturated/α-hetero) is 2. The van der Waals surface area contributed by atoms with Gasteiger partial charge in [0.2, 0.25) is 5.91 Å². The van der Waals surface area contributed by atoms with E-state index in [0.717, 1.165) is 11.3 Å². The highest BCUT2D eigenvalue weighted by atomic mass is 32.1. The number of anilines is 2. The molecule has 0 aliphatic heterocycles. The Bertz CT molecular complexity index is 879. The quantitative estimate of drug-likeness (QED) is 0.416. The number of hydrogen-bond donors (Lipinski definition) is 2. The van der Waals surface area contributed by atoms with E-state index in [-0.39, 0.29) is 23.9 Å². The lowest BCUT2D eigenvalue weighted by Crippen LogP contribution is -2.23. The predicted molar refractivity (Wildman–Crippen MR) is 106 cm³/mol. The van der Waals surface area contributed by atoms with Crippen LogP contribution < -0.4 is 10.6 Å². The minimum atomic E-state index is -0.749. The van der Waals surface area contributed by atoms with Crippen LogP contribution in [0.5, 0.6) is 0 Å². The van der Waals surface area contributed by atoms with Gasteiger partial charge in [0.05, 0.1) is 29.5 Å². The Balaban J connectivity index is 1.77. The van der Waals surface area contributed by atoms with Gasteiger partial charge in [-0.05, 0) is 31.4 Å². The molecule has 2 heterocycles. The van der Waals surface area contributed by atoms with Crippen molar-refractivity contribution >= 4 is 39.8 Å². The van der Waals surface area contributed by atoms with Crippen molar-refractivity contribution < 1.29 is 19.1 Å². The van der Waals surface area contributed by atoms with E-state index in [4.69, 9.17) is 4.74 Å². The third-order valence-electron chi connectivity index (χ3n) is 4.54. The third kappa shape index (κ3) is 4.42. The SMILES string of the molecule is CNc1ccc(C(=O)C2CCCc3nc(NC(=O)CCOC)sc3C2=O)cn1. The molecule has 0 fully saturated rings. The standard InChI is InChI=1S/C19H22N4O4S/c1-20-14-7-6-11(10-21-14)16(25)12-4-3-5-13-18(17(12)26)28-19(22-13)23-15(24)8-9-27-2/h6-7,10,12H,3-5,8-9H2,1-2H3,(H,20,21)(H,22,23,24). The minimum absolute atomic E-state index is 0.214. The first-order chi connectivity index (χ1) is 13.5. The average molecular weight is 402 g/mol. The van der Waals surface area contributed by atoms with Gasteiger partial charge in [0.25, 0.3) is 0 Å². The van der Waals surface area contributed by atoms with Crippen molar-refractivity contribution in [3.8, 4) is 0 Å². The van der Waals surface area contributed by atoms with E-state index < -0.39 is 5.92 Å². The molecular weight excluding hydrogens is 380 g/mol. The smallest absolute Gasteiger partial charge is 0.228 e. The minimum Gasteiger partial charge on any atom is -0.384 e. The normalized spacial score (nSPS) is 16.2.